The van der Waals surface area contributed by atoms with Gasteiger partial charge in [-0.2, -0.15) is 0 Å². The predicted molar refractivity (Wildman–Crippen MR) is 193 cm³/mol. The van der Waals surface area contributed by atoms with Gasteiger partial charge in [0, 0.05) is 13.0 Å². The summed E-state index contributed by atoms with van der Waals surface area (Å²) in [5.41, 5.74) is -0.0418. The third kappa shape index (κ3) is 12.9. The van der Waals surface area contributed by atoms with E-state index in [4.69, 9.17) is 13.3 Å². The Labute approximate surface area is 267 Å². The van der Waals surface area contributed by atoms with E-state index in [1.807, 2.05) is 0 Å². The first-order chi connectivity index (χ1) is 18.4. The minimum absolute atomic E-state index is 0.0418. The summed E-state index contributed by atoms with van der Waals surface area (Å²) in [5, 5.41) is 0.487. The van der Waals surface area contributed by atoms with Gasteiger partial charge in [-0.15, -0.1) is 0 Å². The van der Waals surface area contributed by atoms with Crippen molar-refractivity contribution in [3.05, 3.63) is 0 Å². The molecule has 0 rings (SSSR count). The summed E-state index contributed by atoms with van der Waals surface area (Å²) in [6.07, 6.45) is 4.85. The lowest BCUT2D eigenvalue weighted by Gasteiger charge is -2.48. The van der Waals surface area contributed by atoms with Crippen LogP contribution >= 0.6 is 0 Å². The SMILES string of the molecule is CC(=O)CCC[C@H](C)[C@H](O[Si](C)(C)C(C)(C)C)[C@H](C)CC(C)(C)[C@H](CCO[Si](C)(C)C(C)(C)C)O[Si](C)(C)C(C)(C)C. The molecule has 0 fully saturated rings. The van der Waals surface area contributed by atoms with Crippen LogP contribution in [-0.4, -0.2) is 49.6 Å². The number of Topliss-reactive ketones (excluding diaryl/α,β-unsaturated/α-hetero) is 1. The second-order valence-electron chi connectivity index (χ2n) is 18.8. The quantitative estimate of drug-likeness (QED) is 0.148. The summed E-state index contributed by atoms with van der Waals surface area (Å²) in [6, 6.07) is 0. The second-order valence-corrected chi connectivity index (χ2v) is 33.2. The van der Waals surface area contributed by atoms with E-state index < -0.39 is 25.0 Å². The molecule has 0 aliphatic heterocycles. The minimum Gasteiger partial charge on any atom is -0.417 e. The number of hydrogen-bond donors (Lipinski definition) is 0. The molecule has 0 saturated carbocycles. The number of rotatable bonds is 17. The normalized spacial score (nSPS) is 17.6. The van der Waals surface area contributed by atoms with E-state index in [0.717, 1.165) is 32.3 Å². The first kappa shape index (κ1) is 42.2. The monoisotopic (exact) mass is 645 g/mol. The van der Waals surface area contributed by atoms with Crippen LogP contribution in [0.1, 0.15) is 129 Å². The van der Waals surface area contributed by atoms with Crippen molar-refractivity contribution >= 4 is 30.7 Å². The Hall–Kier alpha value is 0.201. The largest absolute Gasteiger partial charge is 0.417 e. The van der Waals surface area contributed by atoms with Gasteiger partial charge in [0.05, 0.1) is 12.2 Å². The highest BCUT2D eigenvalue weighted by Gasteiger charge is 2.46. The molecule has 0 saturated heterocycles. The topological polar surface area (TPSA) is 44.8 Å². The van der Waals surface area contributed by atoms with Crippen LogP contribution in [0.5, 0.6) is 0 Å². The van der Waals surface area contributed by atoms with Crippen molar-refractivity contribution in [3.63, 3.8) is 0 Å². The van der Waals surface area contributed by atoms with E-state index >= 15 is 0 Å². The fourth-order valence-electron chi connectivity index (χ4n) is 5.00. The molecule has 0 amide bonds. The van der Waals surface area contributed by atoms with Crippen molar-refractivity contribution in [1.29, 1.82) is 0 Å². The lowest BCUT2D eigenvalue weighted by molar-refractivity contribution is -0.117. The molecular formula is C35H76O4Si3. The zero-order chi connectivity index (χ0) is 33.8. The average molecular weight is 645 g/mol. The number of carbonyl (C=O) groups is 1. The fourth-order valence-corrected chi connectivity index (χ4v) is 9.07. The molecule has 0 aromatic carbocycles. The Morgan fingerprint density at radius 1 is 0.643 bits per heavy atom. The van der Waals surface area contributed by atoms with Gasteiger partial charge in [-0.05, 0) is 104 Å². The summed E-state index contributed by atoms with van der Waals surface area (Å²) >= 11 is 0. The maximum atomic E-state index is 11.7. The lowest BCUT2D eigenvalue weighted by Crippen LogP contribution is -2.51. The Kier molecular flexibility index (Phi) is 15.3. The zero-order valence-electron chi connectivity index (χ0n) is 32.2. The average Bonchev–Trinajstić information content (AvgIpc) is 2.73. The van der Waals surface area contributed by atoms with Gasteiger partial charge in [0.15, 0.2) is 25.0 Å². The standard InChI is InChI=1S/C35H76O4Si3/c1-27(22-21-23-29(3)36)31(39-42(19,20)34(10,11)12)28(2)26-35(13,14)30(38-41(17,18)33(7,8)9)24-25-37-40(15,16)32(4,5)6/h27-28,30-31H,21-26H2,1-20H3/t27-,28+,30-,31-/m0/s1. The van der Waals surface area contributed by atoms with Crippen molar-refractivity contribution in [1.82, 2.24) is 0 Å². The smallest absolute Gasteiger partial charge is 0.192 e. The molecule has 0 aliphatic rings. The van der Waals surface area contributed by atoms with Gasteiger partial charge in [-0.25, -0.2) is 0 Å². The van der Waals surface area contributed by atoms with Crippen molar-refractivity contribution in [3.8, 4) is 0 Å². The van der Waals surface area contributed by atoms with Crippen molar-refractivity contribution in [2.75, 3.05) is 6.61 Å². The van der Waals surface area contributed by atoms with Gasteiger partial charge in [-0.3, -0.25) is 0 Å². The highest BCUT2D eigenvalue weighted by molar-refractivity contribution is 6.75. The third-order valence-electron chi connectivity index (χ3n) is 11.2. The molecule has 7 heteroatoms. The summed E-state index contributed by atoms with van der Waals surface area (Å²) in [4.78, 5) is 11.7. The molecule has 42 heavy (non-hydrogen) atoms. The van der Waals surface area contributed by atoms with Gasteiger partial charge >= 0.3 is 0 Å². The molecular weight excluding hydrogens is 569 g/mol. The molecule has 0 aromatic heterocycles. The van der Waals surface area contributed by atoms with Crippen LogP contribution in [0.25, 0.3) is 0 Å². The highest BCUT2D eigenvalue weighted by atomic mass is 28.4. The molecule has 4 nitrogen and oxygen atoms in total. The van der Waals surface area contributed by atoms with Crippen LogP contribution < -0.4 is 0 Å². The van der Waals surface area contributed by atoms with Crippen LogP contribution in [-0.2, 0) is 18.1 Å². The Morgan fingerprint density at radius 3 is 1.48 bits per heavy atom. The van der Waals surface area contributed by atoms with Gasteiger partial charge in [0.25, 0.3) is 0 Å². The molecule has 252 valence electrons. The number of carbonyl (C=O) groups excluding carboxylic acids is 1. The molecule has 0 N–H and O–H groups in total. The van der Waals surface area contributed by atoms with E-state index in [9.17, 15) is 4.79 Å². The molecule has 0 aliphatic carbocycles. The molecule has 0 spiro atoms. The van der Waals surface area contributed by atoms with E-state index in [1.54, 1.807) is 6.92 Å². The van der Waals surface area contributed by atoms with Gasteiger partial charge < -0.3 is 18.1 Å². The Bertz CT molecular complexity index is 829. The highest BCUT2D eigenvalue weighted by Crippen LogP contribution is 2.45. The first-order valence-electron chi connectivity index (χ1n) is 16.9. The van der Waals surface area contributed by atoms with Crippen LogP contribution in [0.15, 0.2) is 0 Å². The molecule has 0 bridgehead atoms. The fraction of sp³-hybridized carbons (Fsp3) is 0.971. The molecule has 0 heterocycles. The Balaban J connectivity index is 6.26. The van der Waals surface area contributed by atoms with Gasteiger partial charge in [0.2, 0.25) is 0 Å². The molecule has 0 unspecified atom stereocenters. The summed E-state index contributed by atoms with van der Waals surface area (Å²) < 4.78 is 21.2. The summed E-state index contributed by atoms with van der Waals surface area (Å²) in [6.45, 7) is 47.2. The molecule has 0 radical (unpaired) electrons. The Morgan fingerprint density at radius 2 is 1.07 bits per heavy atom. The maximum Gasteiger partial charge on any atom is 0.192 e. The number of ketones is 1. The van der Waals surface area contributed by atoms with Crippen LogP contribution in [0.4, 0.5) is 0 Å². The predicted octanol–water partition coefficient (Wildman–Crippen LogP) is 11.6. The van der Waals surface area contributed by atoms with E-state index in [-0.39, 0.29) is 38.5 Å². The van der Waals surface area contributed by atoms with Crippen molar-refractivity contribution in [2.45, 2.75) is 196 Å². The maximum absolute atomic E-state index is 11.7. The second kappa shape index (κ2) is 15.2. The van der Waals surface area contributed by atoms with Crippen LogP contribution in [0, 0.1) is 17.3 Å². The first-order valence-corrected chi connectivity index (χ1v) is 25.6. The number of hydrogen-bond acceptors (Lipinski definition) is 4. The third-order valence-corrected chi connectivity index (χ3v) is 24.7. The van der Waals surface area contributed by atoms with E-state index in [1.165, 1.54) is 0 Å². The lowest BCUT2D eigenvalue weighted by atomic mass is 9.74. The molecule has 4 atom stereocenters. The van der Waals surface area contributed by atoms with Gasteiger partial charge in [-0.1, -0.05) is 90.0 Å². The van der Waals surface area contributed by atoms with E-state index in [2.05, 4.69) is 129 Å². The van der Waals surface area contributed by atoms with Crippen LogP contribution in [0.3, 0.4) is 0 Å². The van der Waals surface area contributed by atoms with Crippen molar-refractivity contribution in [2.24, 2.45) is 17.3 Å². The summed E-state index contributed by atoms with van der Waals surface area (Å²) in [7, 11) is -5.83. The van der Waals surface area contributed by atoms with Crippen molar-refractivity contribution < 1.29 is 18.1 Å². The molecule has 0 aromatic rings. The minimum atomic E-state index is -2.00. The zero-order valence-corrected chi connectivity index (χ0v) is 35.2. The van der Waals surface area contributed by atoms with E-state index in [0.29, 0.717) is 18.3 Å². The summed E-state index contributed by atoms with van der Waals surface area (Å²) in [5.74, 6) is 1.04. The van der Waals surface area contributed by atoms with Crippen LogP contribution in [0.2, 0.25) is 54.4 Å². The van der Waals surface area contributed by atoms with Gasteiger partial charge in [0.1, 0.15) is 5.78 Å².